The van der Waals surface area contributed by atoms with Gasteiger partial charge in [0.2, 0.25) is 0 Å². The van der Waals surface area contributed by atoms with Crippen LogP contribution in [0.4, 0.5) is 0 Å². The van der Waals surface area contributed by atoms with E-state index in [4.69, 9.17) is 4.74 Å². The highest BCUT2D eigenvalue weighted by molar-refractivity contribution is 9.10. The first-order valence-corrected chi connectivity index (χ1v) is 7.39. The van der Waals surface area contributed by atoms with Crippen molar-refractivity contribution < 1.29 is 4.74 Å². The normalized spacial score (nSPS) is 10.6. The first-order chi connectivity index (χ1) is 7.79. The average Bonchev–Trinajstić information content (AvgIpc) is 2.87. The van der Waals surface area contributed by atoms with E-state index in [0.717, 1.165) is 23.3 Å². The Labute approximate surface area is 111 Å². The lowest BCUT2D eigenvalue weighted by molar-refractivity contribution is 0.410. The number of methoxy groups -OCH3 is 1. The Morgan fingerprint density at radius 3 is 2.94 bits per heavy atom. The molecule has 2 heterocycles. The SMILES string of the molecule is COc1ccsc1CNCc1cc(Br)cs1. The number of hydrogen-bond acceptors (Lipinski definition) is 4. The molecule has 0 aliphatic heterocycles. The lowest BCUT2D eigenvalue weighted by atomic mass is 10.4. The smallest absolute Gasteiger partial charge is 0.134 e. The van der Waals surface area contributed by atoms with Crippen LogP contribution in [0.3, 0.4) is 0 Å². The Morgan fingerprint density at radius 2 is 2.25 bits per heavy atom. The quantitative estimate of drug-likeness (QED) is 0.903. The van der Waals surface area contributed by atoms with Crippen LogP contribution in [0.1, 0.15) is 9.75 Å². The molecule has 0 radical (unpaired) electrons. The molecule has 2 aromatic heterocycles. The molecule has 0 saturated carbocycles. The van der Waals surface area contributed by atoms with E-state index >= 15 is 0 Å². The third kappa shape index (κ3) is 3.07. The molecule has 16 heavy (non-hydrogen) atoms. The van der Waals surface area contributed by atoms with Gasteiger partial charge in [-0.15, -0.1) is 22.7 Å². The number of rotatable bonds is 5. The van der Waals surface area contributed by atoms with Gasteiger partial charge in [0, 0.05) is 27.8 Å². The lowest BCUT2D eigenvalue weighted by Gasteiger charge is -2.03. The topological polar surface area (TPSA) is 21.3 Å². The maximum atomic E-state index is 5.26. The second kappa shape index (κ2) is 5.82. The molecule has 0 fully saturated rings. The number of thiophene rings is 2. The van der Waals surface area contributed by atoms with E-state index < -0.39 is 0 Å². The molecule has 1 N–H and O–H groups in total. The summed E-state index contributed by atoms with van der Waals surface area (Å²) in [6.45, 7) is 1.76. The third-order valence-corrected chi connectivity index (χ3v) is 4.73. The molecule has 0 atom stereocenters. The fourth-order valence-corrected chi connectivity index (χ4v) is 3.61. The van der Waals surface area contributed by atoms with Gasteiger partial charge in [0.1, 0.15) is 5.75 Å². The fraction of sp³-hybridized carbons (Fsp3) is 0.273. The van der Waals surface area contributed by atoms with E-state index in [1.54, 1.807) is 29.8 Å². The summed E-state index contributed by atoms with van der Waals surface area (Å²) in [4.78, 5) is 2.58. The minimum atomic E-state index is 0.857. The van der Waals surface area contributed by atoms with Crippen LogP contribution in [0.15, 0.2) is 27.4 Å². The molecular formula is C11H12BrNOS2. The highest BCUT2D eigenvalue weighted by Gasteiger charge is 2.04. The lowest BCUT2D eigenvalue weighted by Crippen LogP contribution is -2.11. The van der Waals surface area contributed by atoms with Crippen molar-refractivity contribution in [2.24, 2.45) is 0 Å². The average molecular weight is 318 g/mol. The molecule has 0 spiro atoms. The number of ether oxygens (including phenoxy) is 1. The third-order valence-electron chi connectivity index (χ3n) is 2.13. The standard InChI is InChI=1S/C11H12BrNOS2/c1-14-10-2-3-15-11(10)6-13-5-9-4-8(12)7-16-9/h2-4,7,13H,5-6H2,1H3. The highest BCUT2D eigenvalue weighted by Crippen LogP contribution is 2.24. The molecule has 0 aliphatic rings. The van der Waals surface area contributed by atoms with E-state index in [9.17, 15) is 0 Å². The summed E-state index contributed by atoms with van der Waals surface area (Å²) in [5, 5.41) is 7.57. The Kier molecular flexibility index (Phi) is 4.40. The van der Waals surface area contributed by atoms with Crippen LogP contribution in [0.25, 0.3) is 0 Å². The van der Waals surface area contributed by atoms with Crippen LogP contribution in [0.5, 0.6) is 5.75 Å². The van der Waals surface area contributed by atoms with Gasteiger partial charge in [-0.05, 0) is 33.4 Å². The molecule has 2 aromatic rings. The van der Waals surface area contributed by atoms with Crippen LogP contribution in [-0.4, -0.2) is 7.11 Å². The molecule has 0 unspecified atom stereocenters. The Bertz CT molecular complexity index is 452. The van der Waals surface area contributed by atoms with Gasteiger partial charge >= 0.3 is 0 Å². The predicted molar refractivity (Wildman–Crippen MR) is 73.4 cm³/mol. The van der Waals surface area contributed by atoms with Crippen molar-refractivity contribution >= 4 is 38.6 Å². The summed E-state index contributed by atoms with van der Waals surface area (Å²) in [6, 6.07) is 4.15. The van der Waals surface area contributed by atoms with Gasteiger partial charge in [0.05, 0.1) is 12.0 Å². The Morgan fingerprint density at radius 1 is 1.38 bits per heavy atom. The van der Waals surface area contributed by atoms with Crippen molar-refractivity contribution in [3.05, 3.63) is 37.1 Å². The van der Waals surface area contributed by atoms with Crippen LogP contribution < -0.4 is 10.1 Å². The van der Waals surface area contributed by atoms with Gasteiger partial charge in [-0.1, -0.05) is 0 Å². The van der Waals surface area contributed by atoms with Gasteiger partial charge in [-0.25, -0.2) is 0 Å². The van der Waals surface area contributed by atoms with Gasteiger partial charge < -0.3 is 10.1 Å². The van der Waals surface area contributed by atoms with Crippen molar-refractivity contribution in [3.63, 3.8) is 0 Å². The Hall–Kier alpha value is -0.360. The summed E-state index contributed by atoms with van der Waals surface area (Å²) >= 11 is 6.93. The largest absolute Gasteiger partial charge is 0.496 e. The number of nitrogens with one attached hydrogen (secondary N) is 1. The summed E-state index contributed by atoms with van der Waals surface area (Å²) in [5.41, 5.74) is 0. The summed E-state index contributed by atoms with van der Waals surface area (Å²) < 4.78 is 6.41. The first kappa shape index (κ1) is 12.1. The zero-order valence-electron chi connectivity index (χ0n) is 8.83. The molecule has 0 aromatic carbocycles. The van der Waals surface area contributed by atoms with E-state index in [2.05, 4.69) is 38.1 Å². The molecule has 0 amide bonds. The van der Waals surface area contributed by atoms with Crippen molar-refractivity contribution in [3.8, 4) is 5.75 Å². The maximum Gasteiger partial charge on any atom is 0.134 e. The van der Waals surface area contributed by atoms with Gasteiger partial charge in [-0.3, -0.25) is 0 Å². The first-order valence-electron chi connectivity index (χ1n) is 4.83. The Balaban J connectivity index is 1.84. The highest BCUT2D eigenvalue weighted by atomic mass is 79.9. The molecular weight excluding hydrogens is 306 g/mol. The maximum absolute atomic E-state index is 5.26. The monoisotopic (exact) mass is 317 g/mol. The minimum Gasteiger partial charge on any atom is -0.496 e. The zero-order valence-corrected chi connectivity index (χ0v) is 12.0. The van der Waals surface area contributed by atoms with Crippen LogP contribution >= 0.6 is 38.6 Å². The molecule has 0 saturated heterocycles. The summed E-state index contributed by atoms with van der Waals surface area (Å²) in [7, 11) is 1.71. The second-order valence-corrected chi connectivity index (χ2v) is 6.16. The minimum absolute atomic E-state index is 0.857. The molecule has 2 rings (SSSR count). The van der Waals surface area contributed by atoms with E-state index in [1.807, 2.05) is 6.07 Å². The van der Waals surface area contributed by atoms with Crippen molar-refractivity contribution in [1.29, 1.82) is 0 Å². The second-order valence-electron chi connectivity index (χ2n) is 3.25. The van der Waals surface area contributed by atoms with Gasteiger partial charge in [0.25, 0.3) is 0 Å². The fourth-order valence-electron chi connectivity index (χ4n) is 1.39. The number of hydrogen-bond donors (Lipinski definition) is 1. The predicted octanol–water partition coefficient (Wildman–Crippen LogP) is 3.87. The summed E-state index contributed by atoms with van der Waals surface area (Å²) in [5.74, 6) is 0.977. The molecule has 86 valence electrons. The molecule has 0 aliphatic carbocycles. The molecule has 5 heteroatoms. The number of halogens is 1. The van der Waals surface area contributed by atoms with Crippen LogP contribution in [0.2, 0.25) is 0 Å². The van der Waals surface area contributed by atoms with Gasteiger partial charge in [0.15, 0.2) is 0 Å². The zero-order chi connectivity index (χ0) is 11.4. The van der Waals surface area contributed by atoms with E-state index in [1.165, 1.54) is 9.75 Å². The van der Waals surface area contributed by atoms with E-state index in [0.29, 0.717) is 0 Å². The molecule has 0 bridgehead atoms. The van der Waals surface area contributed by atoms with Crippen molar-refractivity contribution in [2.75, 3.05) is 7.11 Å². The van der Waals surface area contributed by atoms with E-state index in [-0.39, 0.29) is 0 Å². The molecule has 2 nitrogen and oxygen atoms in total. The van der Waals surface area contributed by atoms with Gasteiger partial charge in [-0.2, -0.15) is 0 Å². The summed E-state index contributed by atoms with van der Waals surface area (Å²) in [6.07, 6.45) is 0. The van der Waals surface area contributed by atoms with Crippen LogP contribution in [-0.2, 0) is 13.1 Å². The van der Waals surface area contributed by atoms with Crippen LogP contribution in [0, 0.1) is 0 Å². The van der Waals surface area contributed by atoms with Crippen molar-refractivity contribution in [1.82, 2.24) is 5.32 Å². The van der Waals surface area contributed by atoms with Crippen molar-refractivity contribution in [2.45, 2.75) is 13.1 Å².